The molecule has 0 amide bonds. The van der Waals surface area contributed by atoms with Gasteiger partial charge in [0.25, 0.3) is 0 Å². The van der Waals surface area contributed by atoms with E-state index in [0.717, 1.165) is 25.0 Å². The Morgan fingerprint density at radius 2 is 2.09 bits per heavy atom. The van der Waals surface area contributed by atoms with Gasteiger partial charge in [-0.1, -0.05) is 22.3 Å². The minimum absolute atomic E-state index is 0.124. The summed E-state index contributed by atoms with van der Waals surface area (Å²) < 4.78 is 13.2. The summed E-state index contributed by atoms with van der Waals surface area (Å²) in [7, 11) is 1.80. The molecular formula is C21H28N8O4. The molecule has 0 saturated heterocycles. The number of ether oxygens (including phenoxy) is 2. The highest BCUT2D eigenvalue weighted by molar-refractivity contribution is 5.70. The van der Waals surface area contributed by atoms with Crippen molar-refractivity contribution in [2.75, 3.05) is 6.61 Å². The summed E-state index contributed by atoms with van der Waals surface area (Å²) in [6.45, 7) is 4.70. The lowest BCUT2D eigenvalue weighted by atomic mass is 9.87. The summed E-state index contributed by atoms with van der Waals surface area (Å²) in [4.78, 5) is 17.4. The number of hydrogen-bond donors (Lipinski definition) is 1. The van der Waals surface area contributed by atoms with Crippen LogP contribution in [0.15, 0.2) is 12.1 Å². The van der Waals surface area contributed by atoms with Gasteiger partial charge in [0.05, 0.1) is 35.7 Å². The lowest BCUT2D eigenvalue weighted by Crippen LogP contribution is -2.29. The first kappa shape index (κ1) is 22.6. The predicted octanol–water partition coefficient (Wildman–Crippen LogP) is 2.03. The van der Waals surface area contributed by atoms with Crippen LogP contribution in [0, 0.1) is 12.8 Å². The van der Waals surface area contributed by atoms with Crippen molar-refractivity contribution in [3.63, 3.8) is 0 Å². The van der Waals surface area contributed by atoms with Gasteiger partial charge < -0.3 is 14.6 Å². The molecule has 0 radical (unpaired) electrons. The Balaban J connectivity index is 1.49. The number of carboxylic acids is 1. The van der Waals surface area contributed by atoms with E-state index >= 15 is 0 Å². The zero-order valence-corrected chi connectivity index (χ0v) is 19.0. The number of pyridine rings is 1. The molecule has 2 atom stereocenters. The molecule has 0 aromatic carbocycles. The highest BCUT2D eigenvalue weighted by Gasteiger charge is 2.28. The third-order valence-electron chi connectivity index (χ3n) is 5.65. The van der Waals surface area contributed by atoms with Crippen LogP contribution in [0.3, 0.4) is 0 Å². The van der Waals surface area contributed by atoms with Crippen molar-refractivity contribution in [2.24, 2.45) is 13.0 Å². The van der Waals surface area contributed by atoms with Crippen molar-refractivity contribution in [1.82, 2.24) is 40.2 Å². The Bertz CT molecular complexity index is 1110. The zero-order valence-electron chi connectivity index (χ0n) is 19.0. The first-order valence-corrected chi connectivity index (χ1v) is 11.1. The van der Waals surface area contributed by atoms with Crippen molar-refractivity contribution in [1.29, 1.82) is 0 Å². The predicted molar refractivity (Wildman–Crippen MR) is 116 cm³/mol. The smallest absolute Gasteiger partial charge is 0.356 e. The van der Waals surface area contributed by atoms with Gasteiger partial charge >= 0.3 is 12.0 Å². The van der Waals surface area contributed by atoms with Crippen molar-refractivity contribution < 1.29 is 19.4 Å². The largest absolute Gasteiger partial charge is 0.489 e. The second kappa shape index (κ2) is 9.92. The number of carbonyl (C=O) groups is 1. The number of tetrazole rings is 1. The Morgan fingerprint density at radius 1 is 1.24 bits per heavy atom. The molecule has 1 aliphatic rings. The molecule has 1 saturated carbocycles. The van der Waals surface area contributed by atoms with Crippen molar-refractivity contribution in [3.8, 4) is 23.1 Å². The summed E-state index contributed by atoms with van der Waals surface area (Å²) in [5.41, 5.74) is 2.74. The molecule has 12 nitrogen and oxygen atoms in total. The molecule has 3 aromatic heterocycles. The van der Waals surface area contributed by atoms with E-state index in [9.17, 15) is 9.90 Å². The number of aryl methyl sites for hydroxylation is 2. The number of rotatable bonds is 9. The molecule has 0 spiro atoms. The Hall–Kier alpha value is -3.57. The van der Waals surface area contributed by atoms with Crippen molar-refractivity contribution in [2.45, 2.75) is 58.6 Å². The fourth-order valence-corrected chi connectivity index (χ4v) is 3.89. The van der Waals surface area contributed by atoms with Crippen LogP contribution in [0.1, 0.15) is 50.4 Å². The molecule has 1 N–H and O–H groups in total. The van der Waals surface area contributed by atoms with Crippen LogP contribution in [0.25, 0.3) is 11.4 Å². The van der Waals surface area contributed by atoms with Crippen LogP contribution < -0.4 is 9.47 Å². The van der Waals surface area contributed by atoms with E-state index in [1.165, 1.54) is 4.80 Å². The minimum Gasteiger partial charge on any atom is -0.489 e. The van der Waals surface area contributed by atoms with Gasteiger partial charge in [-0.3, -0.25) is 4.79 Å². The van der Waals surface area contributed by atoms with E-state index in [4.69, 9.17) is 9.47 Å². The first-order chi connectivity index (χ1) is 15.9. The molecule has 0 aliphatic heterocycles. The second-order valence-corrected chi connectivity index (χ2v) is 8.18. The molecular weight excluding hydrogens is 428 g/mol. The van der Waals surface area contributed by atoms with E-state index in [1.807, 2.05) is 26.0 Å². The van der Waals surface area contributed by atoms with Crippen LogP contribution in [-0.2, 0) is 18.4 Å². The van der Waals surface area contributed by atoms with Crippen LogP contribution >= 0.6 is 0 Å². The lowest BCUT2D eigenvalue weighted by molar-refractivity contribution is -0.143. The summed E-state index contributed by atoms with van der Waals surface area (Å²) in [5.74, 6) is -0.456. The van der Waals surface area contributed by atoms with Crippen molar-refractivity contribution >= 4 is 5.97 Å². The Labute approximate surface area is 190 Å². The number of carboxylic acid groups (broad SMARTS) is 1. The number of hydrogen-bond acceptors (Lipinski definition) is 9. The number of aromatic nitrogens is 8. The standard InChI is InChI=1S/C21H28N8O4/c1-4-10-32-21-24-27-29(25-21)12-17-19(23-26-28(17)3)16-8-9-18(13(2)22-16)33-15-7-5-6-14(11-15)20(30)31/h8-9,14-15H,4-7,10-12H2,1-3H3,(H,30,31)/t14-,15-/m0/s1. The molecule has 3 heterocycles. The third-order valence-corrected chi connectivity index (χ3v) is 5.65. The van der Waals surface area contributed by atoms with Gasteiger partial charge in [-0.25, -0.2) is 9.67 Å². The van der Waals surface area contributed by atoms with Crippen molar-refractivity contribution in [3.05, 3.63) is 23.5 Å². The normalized spacial score (nSPS) is 18.3. The topological polar surface area (TPSA) is 143 Å². The quantitative estimate of drug-likeness (QED) is 0.508. The molecule has 3 aromatic rings. The maximum absolute atomic E-state index is 11.3. The summed E-state index contributed by atoms with van der Waals surface area (Å²) >= 11 is 0. The minimum atomic E-state index is -0.755. The molecule has 33 heavy (non-hydrogen) atoms. The second-order valence-electron chi connectivity index (χ2n) is 8.18. The van der Waals surface area contributed by atoms with Gasteiger partial charge in [-0.05, 0) is 56.4 Å². The highest BCUT2D eigenvalue weighted by atomic mass is 16.5. The zero-order chi connectivity index (χ0) is 23.4. The van der Waals surface area contributed by atoms with E-state index in [-0.39, 0.29) is 18.0 Å². The Kier molecular flexibility index (Phi) is 6.80. The maximum Gasteiger partial charge on any atom is 0.356 e. The summed E-state index contributed by atoms with van der Waals surface area (Å²) in [6.07, 6.45) is 3.63. The summed E-state index contributed by atoms with van der Waals surface area (Å²) in [5, 5.41) is 29.9. The average Bonchev–Trinajstić information content (AvgIpc) is 3.41. The van der Waals surface area contributed by atoms with Crippen LogP contribution in [0.5, 0.6) is 11.8 Å². The van der Waals surface area contributed by atoms with Crippen LogP contribution in [0.4, 0.5) is 0 Å². The van der Waals surface area contributed by atoms with E-state index < -0.39 is 5.97 Å². The highest BCUT2D eigenvalue weighted by Crippen LogP contribution is 2.30. The van der Waals surface area contributed by atoms with E-state index in [1.54, 1.807) is 11.7 Å². The molecule has 4 rings (SSSR count). The molecule has 176 valence electrons. The first-order valence-electron chi connectivity index (χ1n) is 11.1. The molecule has 12 heteroatoms. The van der Waals surface area contributed by atoms with Gasteiger partial charge in [0.15, 0.2) is 0 Å². The molecule has 0 bridgehead atoms. The number of nitrogens with zero attached hydrogens (tertiary/aromatic N) is 8. The SMILES string of the molecule is CCCOc1nnn(Cc2c(-c3ccc(O[C@H]4CCC[C@H](C(=O)O)C4)c(C)n3)nnn2C)n1. The van der Waals surface area contributed by atoms with Crippen LogP contribution in [-0.4, -0.2) is 64.0 Å². The lowest BCUT2D eigenvalue weighted by Gasteiger charge is -2.27. The molecule has 0 unspecified atom stereocenters. The van der Waals surface area contributed by atoms with Gasteiger partial charge in [-0.2, -0.15) is 4.80 Å². The fraction of sp³-hybridized carbons (Fsp3) is 0.571. The average molecular weight is 457 g/mol. The van der Waals surface area contributed by atoms with E-state index in [2.05, 4.69) is 30.7 Å². The molecule has 1 fully saturated rings. The monoisotopic (exact) mass is 456 g/mol. The van der Waals surface area contributed by atoms with Crippen LogP contribution in [0.2, 0.25) is 0 Å². The summed E-state index contributed by atoms with van der Waals surface area (Å²) in [6, 6.07) is 3.92. The van der Waals surface area contributed by atoms with Gasteiger partial charge in [-0.15, -0.1) is 5.10 Å². The Morgan fingerprint density at radius 3 is 2.85 bits per heavy atom. The van der Waals surface area contributed by atoms with Gasteiger partial charge in [0.1, 0.15) is 18.0 Å². The number of aliphatic carboxylic acids is 1. The third kappa shape index (κ3) is 5.26. The fourth-order valence-electron chi connectivity index (χ4n) is 3.89. The van der Waals surface area contributed by atoms with Gasteiger partial charge in [0.2, 0.25) is 0 Å². The van der Waals surface area contributed by atoms with Gasteiger partial charge in [0, 0.05) is 7.05 Å². The molecule has 1 aliphatic carbocycles. The maximum atomic E-state index is 11.3. The van der Waals surface area contributed by atoms with E-state index in [0.29, 0.717) is 48.8 Å².